The first-order chi connectivity index (χ1) is 8.50. The van der Waals surface area contributed by atoms with Gasteiger partial charge in [-0.25, -0.2) is 0 Å². The summed E-state index contributed by atoms with van der Waals surface area (Å²) in [4.78, 5) is 27.7. The highest BCUT2D eigenvalue weighted by molar-refractivity contribution is 6.03. The highest BCUT2D eigenvalue weighted by Crippen LogP contribution is 2.18. The minimum atomic E-state index is -0.218. The molecule has 0 aromatic carbocycles. The van der Waals surface area contributed by atoms with Crippen LogP contribution >= 0.6 is 0 Å². The maximum Gasteiger partial charge on any atom is 0.270 e. The molecule has 0 fully saturated rings. The average Bonchev–Trinajstić information content (AvgIpc) is 2.71. The molecule has 96 valence electrons. The average molecular weight is 247 g/mol. The molecule has 1 aliphatic rings. The number of nitrogens with zero attached hydrogens (tertiary/aromatic N) is 1. The van der Waals surface area contributed by atoms with E-state index in [0.717, 1.165) is 0 Å². The number of carbonyl (C=O) groups is 2. The topological polar surface area (TPSA) is 71.1 Å². The van der Waals surface area contributed by atoms with E-state index in [4.69, 9.17) is 0 Å². The Bertz CT molecular complexity index is 497. The van der Waals surface area contributed by atoms with E-state index in [0.29, 0.717) is 29.3 Å². The maximum absolute atomic E-state index is 12.1. The molecule has 0 aliphatic carbocycles. The number of carbonyl (C=O) groups excluding carboxylic acids is 2. The van der Waals surface area contributed by atoms with Gasteiger partial charge in [0, 0.05) is 29.9 Å². The third-order valence-electron chi connectivity index (χ3n) is 3.30. The molecule has 1 aromatic rings. The molecular weight excluding hydrogens is 230 g/mol. The van der Waals surface area contributed by atoms with Gasteiger partial charge in [0.15, 0.2) is 0 Å². The van der Waals surface area contributed by atoms with Crippen molar-refractivity contribution in [2.75, 3.05) is 0 Å². The molecule has 2 N–H and O–H groups in total. The van der Waals surface area contributed by atoms with Crippen molar-refractivity contribution in [3.8, 4) is 0 Å². The third kappa shape index (κ3) is 2.20. The van der Waals surface area contributed by atoms with Gasteiger partial charge in [-0.15, -0.1) is 0 Å². The molecule has 1 unspecified atom stereocenters. The quantitative estimate of drug-likeness (QED) is 0.840. The van der Waals surface area contributed by atoms with Gasteiger partial charge in [0.05, 0.1) is 0 Å². The molecule has 1 aliphatic heterocycles. The molecule has 2 amide bonds. The molecule has 0 radical (unpaired) electrons. The Labute approximate surface area is 106 Å². The Morgan fingerprint density at radius 2 is 2.17 bits per heavy atom. The number of pyridine rings is 1. The van der Waals surface area contributed by atoms with E-state index in [1.807, 2.05) is 20.8 Å². The number of nitrogens with one attached hydrogen (secondary N) is 2. The Kier molecular flexibility index (Phi) is 3.32. The Morgan fingerprint density at radius 1 is 1.44 bits per heavy atom. The van der Waals surface area contributed by atoms with Crippen molar-refractivity contribution in [3.05, 3.63) is 29.1 Å². The van der Waals surface area contributed by atoms with Gasteiger partial charge in [-0.05, 0) is 18.9 Å². The number of aromatic nitrogens is 1. The summed E-state index contributed by atoms with van der Waals surface area (Å²) in [7, 11) is 0. The van der Waals surface area contributed by atoms with Gasteiger partial charge >= 0.3 is 0 Å². The van der Waals surface area contributed by atoms with Crippen LogP contribution in [-0.4, -0.2) is 22.8 Å². The summed E-state index contributed by atoms with van der Waals surface area (Å²) in [6, 6.07) is 1.71. The molecule has 18 heavy (non-hydrogen) atoms. The summed E-state index contributed by atoms with van der Waals surface area (Å²) in [5.41, 5.74) is 1.58. The maximum atomic E-state index is 12.1. The molecule has 1 aromatic heterocycles. The summed E-state index contributed by atoms with van der Waals surface area (Å²) in [5, 5.41) is 5.60. The molecule has 1 atom stereocenters. The Morgan fingerprint density at radius 3 is 2.83 bits per heavy atom. The molecule has 5 nitrogen and oxygen atoms in total. The summed E-state index contributed by atoms with van der Waals surface area (Å²) in [5.74, 6) is -0.00613. The summed E-state index contributed by atoms with van der Waals surface area (Å²) >= 11 is 0. The van der Waals surface area contributed by atoms with Gasteiger partial charge in [0.1, 0.15) is 5.69 Å². The highest BCUT2D eigenvalue weighted by atomic mass is 16.2. The Hall–Kier alpha value is -1.91. The summed E-state index contributed by atoms with van der Waals surface area (Å²) in [6.45, 7) is 6.41. The SMILES string of the molecule is CC(C)C(C)NC(=O)c1nccc2c1CNC2=O. The van der Waals surface area contributed by atoms with Crippen LogP contribution in [-0.2, 0) is 6.54 Å². The highest BCUT2D eigenvalue weighted by Gasteiger charge is 2.26. The lowest BCUT2D eigenvalue weighted by molar-refractivity contribution is 0.0923. The van der Waals surface area contributed by atoms with Crippen molar-refractivity contribution in [3.63, 3.8) is 0 Å². The number of amides is 2. The third-order valence-corrected chi connectivity index (χ3v) is 3.30. The monoisotopic (exact) mass is 247 g/mol. The summed E-state index contributed by atoms with van der Waals surface area (Å²) < 4.78 is 0. The lowest BCUT2D eigenvalue weighted by atomic mass is 10.1. The second kappa shape index (κ2) is 4.76. The minimum Gasteiger partial charge on any atom is -0.348 e. The van der Waals surface area contributed by atoms with Crippen LogP contribution < -0.4 is 10.6 Å². The molecule has 2 rings (SSSR count). The number of hydrogen-bond donors (Lipinski definition) is 2. The molecule has 2 heterocycles. The second-order valence-corrected chi connectivity index (χ2v) is 4.87. The van der Waals surface area contributed by atoms with Crippen molar-refractivity contribution >= 4 is 11.8 Å². The van der Waals surface area contributed by atoms with E-state index in [9.17, 15) is 9.59 Å². The van der Waals surface area contributed by atoms with Crippen LogP contribution in [0.3, 0.4) is 0 Å². The van der Waals surface area contributed by atoms with Crippen molar-refractivity contribution in [2.24, 2.45) is 5.92 Å². The van der Waals surface area contributed by atoms with Crippen LogP contribution in [0.25, 0.3) is 0 Å². The zero-order valence-electron chi connectivity index (χ0n) is 10.8. The minimum absolute atomic E-state index is 0.0696. The van der Waals surface area contributed by atoms with Crippen LogP contribution in [0.5, 0.6) is 0 Å². The lowest BCUT2D eigenvalue weighted by Gasteiger charge is -2.17. The molecule has 0 spiro atoms. The van der Waals surface area contributed by atoms with Crippen LogP contribution in [0, 0.1) is 5.92 Å². The van der Waals surface area contributed by atoms with Gasteiger partial charge in [-0.3, -0.25) is 14.6 Å². The molecular formula is C13H17N3O2. The van der Waals surface area contributed by atoms with Gasteiger partial charge in [0.2, 0.25) is 0 Å². The van der Waals surface area contributed by atoms with Gasteiger partial charge in [-0.1, -0.05) is 13.8 Å². The molecule has 5 heteroatoms. The smallest absolute Gasteiger partial charge is 0.270 e. The van der Waals surface area contributed by atoms with Crippen LogP contribution in [0.1, 0.15) is 47.2 Å². The Balaban J connectivity index is 2.25. The summed E-state index contributed by atoms with van der Waals surface area (Å²) in [6.07, 6.45) is 1.50. The fourth-order valence-corrected chi connectivity index (χ4v) is 1.79. The zero-order valence-corrected chi connectivity index (χ0v) is 10.8. The molecule has 0 bridgehead atoms. The van der Waals surface area contributed by atoms with E-state index in [1.165, 1.54) is 6.20 Å². The van der Waals surface area contributed by atoms with E-state index >= 15 is 0 Å². The second-order valence-electron chi connectivity index (χ2n) is 4.87. The van der Waals surface area contributed by atoms with E-state index in [1.54, 1.807) is 6.07 Å². The standard InChI is InChI=1S/C13H17N3O2/c1-7(2)8(3)16-13(18)11-10-6-15-12(17)9(10)4-5-14-11/h4-5,7-8H,6H2,1-3H3,(H,15,17)(H,16,18). The van der Waals surface area contributed by atoms with Gasteiger partial charge in [-0.2, -0.15) is 0 Å². The van der Waals surface area contributed by atoms with Crippen molar-refractivity contribution in [2.45, 2.75) is 33.4 Å². The predicted octanol–water partition coefficient (Wildman–Crippen LogP) is 1.10. The first-order valence-corrected chi connectivity index (χ1v) is 6.07. The molecule has 0 saturated carbocycles. The first-order valence-electron chi connectivity index (χ1n) is 6.07. The van der Waals surface area contributed by atoms with Crippen molar-refractivity contribution < 1.29 is 9.59 Å². The van der Waals surface area contributed by atoms with Gasteiger partial charge < -0.3 is 10.6 Å². The number of hydrogen-bond acceptors (Lipinski definition) is 3. The largest absolute Gasteiger partial charge is 0.348 e. The van der Waals surface area contributed by atoms with Crippen molar-refractivity contribution in [1.82, 2.24) is 15.6 Å². The number of rotatable bonds is 3. The van der Waals surface area contributed by atoms with Gasteiger partial charge in [0.25, 0.3) is 11.8 Å². The van der Waals surface area contributed by atoms with E-state index < -0.39 is 0 Å². The fourth-order valence-electron chi connectivity index (χ4n) is 1.79. The van der Waals surface area contributed by atoms with Crippen LogP contribution in [0.15, 0.2) is 12.3 Å². The number of fused-ring (bicyclic) bond motifs is 1. The fraction of sp³-hybridized carbons (Fsp3) is 0.462. The first kappa shape index (κ1) is 12.5. The lowest BCUT2D eigenvalue weighted by Crippen LogP contribution is -2.37. The van der Waals surface area contributed by atoms with E-state index in [-0.39, 0.29) is 17.9 Å². The van der Waals surface area contributed by atoms with Crippen LogP contribution in [0.2, 0.25) is 0 Å². The van der Waals surface area contributed by atoms with Crippen molar-refractivity contribution in [1.29, 1.82) is 0 Å². The van der Waals surface area contributed by atoms with E-state index in [2.05, 4.69) is 15.6 Å². The van der Waals surface area contributed by atoms with Crippen LogP contribution in [0.4, 0.5) is 0 Å². The molecule has 0 saturated heterocycles. The normalized spacial score (nSPS) is 15.2. The zero-order chi connectivity index (χ0) is 13.3. The predicted molar refractivity (Wildman–Crippen MR) is 67.2 cm³/mol.